The smallest absolute Gasteiger partial charge is 0.251 e. The lowest BCUT2D eigenvalue weighted by molar-refractivity contribution is -0.142. The summed E-state index contributed by atoms with van der Waals surface area (Å²) in [5.74, 6) is 0.194. The van der Waals surface area contributed by atoms with Crippen molar-refractivity contribution in [2.75, 3.05) is 32.8 Å². The van der Waals surface area contributed by atoms with Gasteiger partial charge in [0.25, 0.3) is 5.91 Å². The summed E-state index contributed by atoms with van der Waals surface area (Å²) < 4.78 is 5.53. The minimum absolute atomic E-state index is 0.183. The van der Waals surface area contributed by atoms with Gasteiger partial charge in [-0.25, -0.2) is 0 Å². The number of carbonyl (C=O) groups is 1. The number of hydrogen-bond donors (Lipinski definition) is 0. The maximum Gasteiger partial charge on any atom is 0.251 e. The molecule has 0 unspecified atom stereocenters. The van der Waals surface area contributed by atoms with Crippen LogP contribution in [0.15, 0.2) is 42.5 Å². The van der Waals surface area contributed by atoms with Crippen LogP contribution in [0.4, 0.5) is 0 Å². The van der Waals surface area contributed by atoms with Crippen molar-refractivity contribution in [2.24, 2.45) is 0 Å². The van der Waals surface area contributed by atoms with Gasteiger partial charge in [-0.15, -0.1) is 11.3 Å². The molecule has 0 N–H and O–H groups in total. The molecule has 1 aromatic carbocycles. The quantitative estimate of drug-likeness (QED) is 0.843. The Balaban J connectivity index is 1.30. The second-order valence-corrected chi connectivity index (χ2v) is 7.90. The average Bonchev–Trinajstić information content (AvgIpc) is 3.35. The third-order valence-corrected chi connectivity index (χ3v) is 6.11. The number of hydrogen-bond acceptors (Lipinski definition) is 4. The molecule has 0 radical (unpaired) electrons. The minimum Gasteiger partial charge on any atom is -0.368 e. The van der Waals surface area contributed by atoms with E-state index < -0.39 is 0 Å². The molecule has 0 spiro atoms. The summed E-state index contributed by atoms with van der Waals surface area (Å²) >= 11 is 1.86. The van der Waals surface area contributed by atoms with E-state index in [0.717, 1.165) is 52.2 Å². The fourth-order valence-corrected chi connectivity index (χ4v) is 4.60. The second kappa shape index (κ2) is 7.68. The van der Waals surface area contributed by atoms with E-state index in [4.69, 9.17) is 4.74 Å². The Hall–Kier alpha value is -1.69. The van der Waals surface area contributed by atoms with Gasteiger partial charge in [0.1, 0.15) is 6.10 Å². The van der Waals surface area contributed by atoms with E-state index in [1.165, 1.54) is 15.3 Å². The van der Waals surface area contributed by atoms with Crippen LogP contribution in [0.3, 0.4) is 0 Å². The van der Waals surface area contributed by atoms with Crippen LogP contribution in [0.2, 0.25) is 0 Å². The van der Waals surface area contributed by atoms with Crippen LogP contribution in [-0.2, 0) is 16.1 Å². The van der Waals surface area contributed by atoms with Crippen molar-refractivity contribution in [1.82, 2.24) is 9.80 Å². The van der Waals surface area contributed by atoms with Crippen LogP contribution in [-0.4, -0.2) is 54.6 Å². The molecule has 0 bridgehead atoms. The molecule has 1 amide bonds. The molecular formula is C20H24N2O2S. The van der Waals surface area contributed by atoms with Crippen LogP contribution in [0.1, 0.15) is 17.7 Å². The lowest BCUT2D eigenvalue weighted by atomic mass is 10.2. The van der Waals surface area contributed by atoms with Gasteiger partial charge in [-0.1, -0.05) is 30.3 Å². The highest BCUT2D eigenvalue weighted by Gasteiger charge is 2.30. The van der Waals surface area contributed by atoms with Crippen LogP contribution in [0.5, 0.6) is 0 Å². The average molecular weight is 356 g/mol. The van der Waals surface area contributed by atoms with Crippen molar-refractivity contribution in [3.05, 3.63) is 47.3 Å². The molecule has 2 saturated heterocycles. The number of piperazine rings is 1. The fourth-order valence-electron chi connectivity index (χ4n) is 3.54. The van der Waals surface area contributed by atoms with Gasteiger partial charge in [-0.05, 0) is 30.5 Å². The zero-order valence-electron chi connectivity index (χ0n) is 14.4. The molecule has 0 aliphatic carbocycles. The Labute approximate surface area is 153 Å². The predicted molar refractivity (Wildman–Crippen MR) is 101 cm³/mol. The number of nitrogens with zero attached hydrogens (tertiary/aromatic N) is 2. The number of amides is 1. The van der Waals surface area contributed by atoms with Crippen LogP contribution < -0.4 is 0 Å². The number of ether oxygens (including phenoxy) is 1. The summed E-state index contributed by atoms with van der Waals surface area (Å²) in [4.78, 5) is 19.5. The Kier molecular flexibility index (Phi) is 5.15. The second-order valence-electron chi connectivity index (χ2n) is 6.74. The predicted octanol–water partition coefficient (Wildman–Crippen LogP) is 3.24. The van der Waals surface area contributed by atoms with Crippen molar-refractivity contribution >= 4 is 17.2 Å². The maximum absolute atomic E-state index is 12.4. The third-order valence-electron chi connectivity index (χ3n) is 4.99. The van der Waals surface area contributed by atoms with E-state index in [2.05, 4.69) is 47.4 Å². The Morgan fingerprint density at radius 1 is 1.08 bits per heavy atom. The van der Waals surface area contributed by atoms with Crippen molar-refractivity contribution in [3.63, 3.8) is 0 Å². The molecule has 2 fully saturated rings. The summed E-state index contributed by atoms with van der Waals surface area (Å²) in [6.45, 7) is 5.22. The van der Waals surface area contributed by atoms with Gasteiger partial charge in [-0.2, -0.15) is 0 Å². The van der Waals surface area contributed by atoms with E-state index in [9.17, 15) is 4.79 Å². The van der Waals surface area contributed by atoms with Crippen molar-refractivity contribution in [3.8, 4) is 10.4 Å². The first-order chi connectivity index (χ1) is 12.3. The van der Waals surface area contributed by atoms with Gasteiger partial charge in [0.2, 0.25) is 0 Å². The largest absolute Gasteiger partial charge is 0.368 e. The molecule has 0 saturated carbocycles. The van der Waals surface area contributed by atoms with Gasteiger partial charge in [-0.3, -0.25) is 9.69 Å². The van der Waals surface area contributed by atoms with E-state index in [1.54, 1.807) is 0 Å². The van der Waals surface area contributed by atoms with Crippen LogP contribution in [0, 0.1) is 0 Å². The highest BCUT2D eigenvalue weighted by atomic mass is 32.1. The standard InChI is InChI=1S/C20H24N2O2S/c23-20(18-7-4-14-24-18)22-12-10-21(11-13-22)15-17-8-9-19(25-17)16-5-2-1-3-6-16/h1-3,5-6,8-9,18H,4,7,10-15H2/t18-/m0/s1. The van der Waals surface area contributed by atoms with E-state index in [0.29, 0.717) is 0 Å². The molecule has 2 aliphatic heterocycles. The summed E-state index contributed by atoms with van der Waals surface area (Å²) in [6.07, 6.45) is 1.71. The highest BCUT2D eigenvalue weighted by molar-refractivity contribution is 7.15. The molecule has 4 nitrogen and oxygen atoms in total. The molecule has 25 heavy (non-hydrogen) atoms. The number of rotatable bonds is 4. The summed E-state index contributed by atoms with van der Waals surface area (Å²) in [6, 6.07) is 15.0. The van der Waals surface area contributed by atoms with Gasteiger partial charge in [0, 0.05) is 49.1 Å². The van der Waals surface area contributed by atoms with Crippen LogP contribution in [0.25, 0.3) is 10.4 Å². The number of carbonyl (C=O) groups excluding carboxylic acids is 1. The van der Waals surface area contributed by atoms with Crippen molar-refractivity contribution in [2.45, 2.75) is 25.5 Å². The van der Waals surface area contributed by atoms with Crippen molar-refractivity contribution in [1.29, 1.82) is 0 Å². The molecule has 5 heteroatoms. The van der Waals surface area contributed by atoms with Gasteiger partial charge < -0.3 is 9.64 Å². The summed E-state index contributed by atoms with van der Waals surface area (Å²) in [5.41, 5.74) is 1.28. The molecular weight excluding hydrogens is 332 g/mol. The van der Waals surface area contributed by atoms with Crippen molar-refractivity contribution < 1.29 is 9.53 Å². The molecule has 2 aromatic rings. The minimum atomic E-state index is -0.183. The molecule has 3 heterocycles. The Morgan fingerprint density at radius 2 is 1.88 bits per heavy atom. The normalized spacial score (nSPS) is 21.6. The SMILES string of the molecule is O=C([C@@H]1CCCO1)N1CCN(Cc2ccc(-c3ccccc3)s2)CC1. The zero-order chi connectivity index (χ0) is 17.1. The number of benzene rings is 1. The van der Waals surface area contributed by atoms with Gasteiger partial charge >= 0.3 is 0 Å². The molecule has 1 atom stereocenters. The van der Waals surface area contributed by atoms with E-state index in [1.807, 2.05) is 16.2 Å². The summed E-state index contributed by atoms with van der Waals surface area (Å²) in [5, 5.41) is 0. The monoisotopic (exact) mass is 356 g/mol. The van der Waals surface area contributed by atoms with Gasteiger partial charge in [0.05, 0.1) is 0 Å². The highest BCUT2D eigenvalue weighted by Crippen LogP contribution is 2.28. The third kappa shape index (κ3) is 3.94. The first-order valence-corrected chi connectivity index (χ1v) is 9.88. The molecule has 2 aliphatic rings. The first-order valence-electron chi connectivity index (χ1n) is 9.06. The molecule has 132 valence electrons. The molecule has 4 rings (SSSR count). The maximum atomic E-state index is 12.4. The Bertz CT molecular complexity index is 701. The van der Waals surface area contributed by atoms with E-state index >= 15 is 0 Å². The fraction of sp³-hybridized carbons (Fsp3) is 0.450. The van der Waals surface area contributed by atoms with E-state index in [-0.39, 0.29) is 12.0 Å². The Morgan fingerprint density at radius 3 is 2.60 bits per heavy atom. The van der Waals surface area contributed by atoms with Crippen LogP contribution >= 0.6 is 11.3 Å². The molecule has 1 aromatic heterocycles. The first kappa shape index (κ1) is 16.8. The lowest BCUT2D eigenvalue weighted by Crippen LogP contribution is -2.50. The number of thiophene rings is 1. The lowest BCUT2D eigenvalue weighted by Gasteiger charge is -2.35. The topological polar surface area (TPSA) is 32.8 Å². The van der Waals surface area contributed by atoms with Gasteiger partial charge in [0.15, 0.2) is 0 Å². The zero-order valence-corrected chi connectivity index (χ0v) is 15.2. The summed E-state index contributed by atoms with van der Waals surface area (Å²) in [7, 11) is 0.